The van der Waals surface area contributed by atoms with Crippen LogP contribution in [-0.4, -0.2) is 46.3 Å². The molecule has 2 heterocycles. The zero-order valence-electron chi connectivity index (χ0n) is 17.1. The number of hydrogen-bond acceptors (Lipinski definition) is 6. The smallest absolute Gasteiger partial charge is 0.408 e. The van der Waals surface area contributed by atoms with Crippen LogP contribution >= 0.6 is 11.3 Å². The molecule has 1 fully saturated rings. The molecule has 1 aromatic heterocycles. The van der Waals surface area contributed by atoms with E-state index in [1.54, 1.807) is 11.8 Å². The molecule has 0 radical (unpaired) electrons. The first-order valence-electron chi connectivity index (χ1n) is 10.2. The minimum Gasteiger partial charge on any atom is -0.445 e. The number of fused-ring (bicyclic) bond motifs is 1. The van der Waals surface area contributed by atoms with Gasteiger partial charge in [-0.05, 0) is 37.5 Å². The number of amides is 2. The Bertz CT molecular complexity index is 1070. The molecule has 7 nitrogen and oxygen atoms in total. The van der Waals surface area contributed by atoms with E-state index in [9.17, 15) is 14.4 Å². The van der Waals surface area contributed by atoms with E-state index >= 15 is 0 Å². The number of aromatic nitrogens is 1. The van der Waals surface area contributed by atoms with Crippen molar-refractivity contribution in [3.05, 3.63) is 65.2 Å². The number of nitrogens with zero attached hydrogens (tertiary/aromatic N) is 2. The number of hydrogen-bond donors (Lipinski definition) is 1. The predicted molar refractivity (Wildman–Crippen MR) is 118 cm³/mol. The number of benzene rings is 2. The summed E-state index contributed by atoms with van der Waals surface area (Å²) in [4.78, 5) is 44.1. The summed E-state index contributed by atoms with van der Waals surface area (Å²) in [6.45, 7) is 2.20. The molecule has 160 valence electrons. The van der Waals surface area contributed by atoms with Gasteiger partial charge in [-0.2, -0.15) is 0 Å². The molecule has 0 saturated carbocycles. The Morgan fingerprint density at radius 1 is 1.16 bits per heavy atom. The summed E-state index contributed by atoms with van der Waals surface area (Å²) in [5.74, 6) is -0.445. The Morgan fingerprint density at radius 3 is 2.68 bits per heavy atom. The average Bonchev–Trinajstić information content (AvgIpc) is 3.44. The van der Waals surface area contributed by atoms with Gasteiger partial charge in [-0.15, -0.1) is 11.3 Å². The van der Waals surface area contributed by atoms with Crippen LogP contribution in [0.4, 0.5) is 4.79 Å². The number of ether oxygens (including phenoxy) is 1. The van der Waals surface area contributed by atoms with Crippen LogP contribution in [0, 0.1) is 0 Å². The Labute approximate surface area is 184 Å². The second kappa shape index (κ2) is 9.26. The minimum absolute atomic E-state index is 0.121. The normalized spacial score (nSPS) is 16.8. The third kappa shape index (κ3) is 4.74. The summed E-state index contributed by atoms with van der Waals surface area (Å²) in [7, 11) is 0. The van der Waals surface area contributed by atoms with Gasteiger partial charge in [-0.1, -0.05) is 42.5 Å². The number of thiazole rings is 1. The molecule has 2 aromatic carbocycles. The van der Waals surface area contributed by atoms with Crippen LogP contribution in [0.25, 0.3) is 10.2 Å². The molecule has 1 N–H and O–H groups in total. The second-order valence-corrected chi connectivity index (χ2v) is 8.50. The van der Waals surface area contributed by atoms with Crippen molar-refractivity contribution in [2.45, 2.75) is 38.5 Å². The molecular weight excluding hydrogens is 414 g/mol. The number of alkyl carbamates (subject to hydrolysis) is 1. The summed E-state index contributed by atoms with van der Waals surface area (Å²) >= 11 is 1.34. The maximum atomic E-state index is 13.1. The molecule has 3 aromatic rings. The van der Waals surface area contributed by atoms with Crippen molar-refractivity contribution in [1.29, 1.82) is 0 Å². The highest BCUT2D eigenvalue weighted by molar-refractivity contribution is 7.20. The lowest BCUT2D eigenvalue weighted by molar-refractivity contribution is -0.133. The van der Waals surface area contributed by atoms with Gasteiger partial charge in [0.2, 0.25) is 11.7 Å². The fourth-order valence-corrected chi connectivity index (χ4v) is 4.63. The van der Waals surface area contributed by atoms with Gasteiger partial charge in [-0.25, -0.2) is 9.78 Å². The van der Waals surface area contributed by atoms with Gasteiger partial charge in [0.15, 0.2) is 5.01 Å². The summed E-state index contributed by atoms with van der Waals surface area (Å²) in [6.07, 6.45) is 0.655. The van der Waals surface area contributed by atoms with Gasteiger partial charge in [0.25, 0.3) is 0 Å². The van der Waals surface area contributed by atoms with Crippen molar-refractivity contribution < 1.29 is 19.1 Å². The van der Waals surface area contributed by atoms with Gasteiger partial charge in [0.1, 0.15) is 12.6 Å². The third-order valence-electron chi connectivity index (χ3n) is 5.26. The molecule has 0 aliphatic carbocycles. The fraction of sp³-hybridized carbons (Fsp3) is 0.304. The Balaban J connectivity index is 1.37. The molecule has 1 aliphatic rings. The first kappa shape index (κ1) is 21.0. The van der Waals surface area contributed by atoms with Crippen molar-refractivity contribution in [3.8, 4) is 0 Å². The van der Waals surface area contributed by atoms with Gasteiger partial charge in [-0.3, -0.25) is 9.59 Å². The number of likely N-dealkylation sites (tertiary alicyclic amines) is 1. The van der Waals surface area contributed by atoms with E-state index in [0.717, 1.165) is 22.2 Å². The van der Waals surface area contributed by atoms with Gasteiger partial charge in [0.05, 0.1) is 16.3 Å². The van der Waals surface area contributed by atoms with Crippen molar-refractivity contribution in [1.82, 2.24) is 15.2 Å². The number of Topliss-reactive ketones (excluding diaryl/α,β-unsaturated/α-hetero) is 1. The molecule has 2 atom stereocenters. The molecule has 31 heavy (non-hydrogen) atoms. The van der Waals surface area contributed by atoms with Crippen molar-refractivity contribution in [2.24, 2.45) is 0 Å². The van der Waals surface area contributed by atoms with Crippen molar-refractivity contribution >= 4 is 39.3 Å². The number of rotatable bonds is 6. The second-order valence-electron chi connectivity index (χ2n) is 7.47. The van der Waals surface area contributed by atoms with Crippen molar-refractivity contribution in [2.75, 3.05) is 6.54 Å². The third-order valence-corrected chi connectivity index (χ3v) is 6.31. The molecule has 2 amide bonds. The fourth-order valence-electron chi connectivity index (χ4n) is 3.68. The quantitative estimate of drug-likeness (QED) is 0.593. The molecular formula is C23H23N3O4S. The highest BCUT2D eigenvalue weighted by Gasteiger charge is 2.37. The van der Waals surface area contributed by atoms with E-state index in [-0.39, 0.29) is 18.3 Å². The average molecular weight is 438 g/mol. The summed E-state index contributed by atoms with van der Waals surface area (Å²) in [6, 6.07) is 15.5. The first-order chi connectivity index (χ1) is 15.0. The van der Waals surface area contributed by atoms with Crippen LogP contribution < -0.4 is 5.32 Å². The van der Waals surface area contributed by atoms with Gasteiger partial charge < -0.3 is 15.0 Å². The molecule has 8 heteroatoms. The van der Waals surface area contributed by atoms with Crippen LogP contribution in [0.15, 0.2) is 54.6 Å². The monoisotopic (exact) mass is 437 g/mol. The standard InChI is InChI=1S/C23H23N3O4S/c1-15(24-23(29)30-14-16-8-3-2-4-9-16)22(28)26-13-7-11-18(26)20(27)21-25-17-10-5-6-12-19(17)31-21/h2-6,8-10,12,15,18H,7,11,13-14H2,1H3,(H,24,29)/t15-,18+/m1/s1. The van der Waals surface area contributed by atoms with E-state index in [4.69, 9.17) is 4.74 Å². The predicted octanol–water partition coefficient (Wildman–Crippen LogP) is 3.78. The Hall–Kier alpha value is -3.26. The molecule has 0 bridgehead atoms. The van der Waals surface area contributed by atoms with Crippen LogP contribution in [0.3, 0.4) is 0 Å². The lowest BCUT2D eigenvalue weighted by Crippen LogP contribution is -2.50. The largest absolute Gasteiger partial charge is 0.445 e. The van der Waals surface area contributed by atoms with Crippen LogP contribution in [-0.2, 0) is 16.1 Å². The van der Waals surface area contributed by atoms with E-state index in [1.807, 2.05) is 54.6 Å². The van der Waals surface area contributed by atoms with Crippen molar-refractivity contribution in [3.63, 3.8) is 0 Å². The Morgan fingerprint density at radius 2 is 1.90 bits per heavy atom. The molecule has 4 rings (SSSR count). The lowest BCUT2D eigenvalue weighted by Gasteiger charge is -2.26. The molecule has 1 aliphatic heterocycles. The summed E-state index contributed by atoms with van der Waals surface area (Å²) in [5.41, 5.74) is 1.64. The highest BCUT2D eigenvalue weighted by atomic mass is 32.1. The first-order valence-corrected chi connectivity index (χ1v) is 11.0. The molecule has 0 spiro atoms. The number of carbonyl (C=O) groups is 3. The maximum Gasteiger partial charge on any atom is 0.408 e. The summed E-state index contributed by atoms with van der Waals surface area (Å²) in [5, 5.41) is 2.98. The number of carbonyl (C=O) groups excluding carboxylic acids is 3. The number of nitrogens with one attached hydrogen (secondary N) is 1. The summed E-state index contributed by atoms with van der Waals surface area (Å²) < 4.78 is 6.14. The SMILES string of the molecule is C[C@@H](NC(=O)OCc1ccccc1)C(=O)N1CCC[C@H]1C(=O)c1nc2ccccc2s1. The van der Waals surface area contributed by atoms with E-state index in [2.05, 4.69) is 10.3 Å². The molecule has 0 unspecified atom stereocenters. The van der Waals surface area contributed by atoms with Crippen LogP contribution in [0.1, 0.15) is 35.1 Å². The van der Waals surface area contributed by atoms with Crippen LogP contribution in [0.2, 0.25) is 0 Å². The molecule has 1 saturated heterocycles. The van der Waals surface area contributed by atoms with Crippen LogP contribution in [0.5, 0.6) is 0 Å². The topological polar surface area (TPSA) is 88.6 Å². The van der Waals surface area contributed by atoms with E-state index in [1.165, 1.54) is 11.3 Å². The Kier molecular flexibility index (Phi) is 6.27. The number of ketones is 1. The maximum absolute atomic E-state index is 13.1. The van der Waals surface area contributed by atoms with Gasteiger partial charge in [0, 0.05) is 6.54 Å². The lowest BCUT2D eigenvalue weighted by atomic mass is 10.1. The number of para-hydroxylation sites is 1. The van der Waals surface area contributed by atoms with E-state index in [0.29, 0.717) is 18.0 Å². The minimum atomic E-state index is -0.799. The van der Waals surface area contributed by atoms with E-state index < -0.39 is 18.2 Å². The van der Waals surface area contributed by atoms with Gasteiger partial charge >= 0.3 is 6.09 Å². The zero-order chi connectivity index (χ0) is 21.8. The zero-order valence-corrected chi connectivity index (χ0v) is 17.9. The highest BCUT2D eigenvalue weighted by Crippen LogP contribution is 2.27.